The minimum Gasteiger partial charge on any atom is -0.473 e. The molecule has 1 aromatic heterocycles. The third-order valence-electron chi connectivity index (χ3n) is 4.99. The molecule has 1 unspecified atom stereocenters. The second kappa shape index (κ2) is 12.4. The van der Waals surface area contributed by atoms with E-state index in [-0.39, 0.29) is 47.1 Å². The van der Waals surface area contributed by atoms with E-state index in [2.05, 4.69) is 15.4 Å². The summed E-state index contributed by atoms with van der Waals surface area (Å²) in [6, 6.07) is 13.5. The Morgan fingerprint density at radius 1 is 1.19 bits per heavy atom. The van der Waals surface area contributed by atoms with Crippen molar-refractivity contribution < 1.29 is 23.5 Å². The predicted molar refractivity (Wildman–Crippen MR) is 153 cm³/mol. The number of ether oxygens (including phenoxy) is 2. The number of halogens is 2. The van der Waals surface area contributed by atoms with Crippen LogP contribution in [-0.2, 0) is 11.3 Å². The number of hydrogen-bond acceptors (Lipinski definition) is 7. The summed E-state index contributed by atoms with van der Waals surface area (Å²) in [7, 11) is 0. The Kier molecular flexibility index (Phi) is 9.56. The average Bonchev–Trinajstić information content (AvgIpc) is 2.83. The van der Waals surface area contributed by atoms with Crippen LogP contribution in [0.2, 0.25) is 0 Å². The maximum Gasteiger partial charge on any atom is 0.412 e. The first-order chi connectivity index (χ1) is 17.5. The zero-order chi connectivity index (χ0) is 27.2. The van der Waals surface area contributed by atoms with Crippen molar-refractivity contribution in [3.8, 4) is 5.88 Å². The van der Waals surface area contributed by atoms with Crippen molar-refractivity contribution in [3.05, 3.63) is 82.3 Å². The van der Waals surface area contributed by atoms with Gasteiger partial charge in [-0.1, -0.05) is 30.3 Å². The van der Waals surface area contributed by atoms with Crippen molar-refractivity contribution in [1.82, 2.24) is 4.98 Å². The van der Waals surface area contributed by atoms with Gasteiger partial charge in [0.25, 0.3) is 0 Å². The summed E-state index contributed by atoms with van der Waals surface area (Å²) in [5.41, 5.74) is 0.874. The van der Waals surface area contributed by atoms with Crippen LogP contribution in [-0.4, -0.2) is 28.7 Å². The SMILES string of the molecule is Cc1cc(NC(=O)OC(C)(C)C)c(C(=O)c2ccc(F)c(NPI)c2C=N)nc1OCc1ccccc1. The minimum absolute atomic E-state index is 0.0443. The summed E-state index contributed by atoms with van der Waals surface area (Å²) in [5.74, 6) is -1.00. The average molecular weight is 636 g/mol. The molecule has 1 heterocycles. The van der Waals surface area contributed by atoms with Gasteiger partial charge in [0.05, 0.1) is 11.4 Å². The highest BCUT2D eigenvalue weighted by molar-refractivity contribution is 14.2. The zero-order valence-corrected chi connectivity index (χ0v) is 23.9. The first-order valence-corrected chi connectivity index (χ1v) is 15.3. The Bertz CT molecular complexity index is 1320. The van der Waals surface area contributed by atoms with Gasteiger partial charge in [0.2, 0.25) is 11.7 Å². The second-order valence-corrected chi connectivity index (χ2v) is 11.0. The van der Waals surface area contributed by atoms with E-state index in [1.807, 2.05) is 52.4 Å². The molecule has 0 bridgehead atoms. The van der Waals surface area contributed by atoms with E-state index in [1.165, 1.54) is 6.07 Å². The van der Waals surface area contributed by atoms with Gasteiger partial charge >= 0.3 is 6.09 Å². The highest BCUT2D eigenvalue weighted by Crippen LogP contribution is 2.33. The highest BCUT2D eigenvalue weighted by atomic mass is 127. The van der Waals surface area contributed by atoms with Crippen LogP contribution in [0.5, 0.6) is 5.88 Å². The molecule has 11 heteroatoms. The topological polar surface area (TPSA) is 113 Å². The molecule has 0 radical (unpaired) electrons. The molecule has 0 saturated heterocycles. The Morgan fingerprint density at radius 2 is 1.89 bits per heavy atom. The fourth-order valence-corrected chi connectivity index (χ4v) is 4.55. The first kappa shape index (κ1) is 28.5. The van der Waals surface area contributed by atoms with E-state index in [1.54, 1.807) is 33.8 Å². The number of anilines is 2. The number of carbonyl (C=O) groups is 2. The summed E-state index contributed by atoms with van der Waals surface area (Å²) < 4.78 is 25.7. The fourth-order valence-electron chi connectivity index (χ4n) is 3.39. The number of ketones is 1. The molecule has 37 heavy (non-hydrogen) atoms. The Labute approximate surface area is 229 Å². The lowest BCUT2D eigenvalue weighted by molar-refractivity contribution is 0.0636. The van der Waals surface area contributed by atoms with Gasteiger partial charge in [0.15, 0.2) is 0 Å². The standard InChI is InChI=1S/C26H27FIN4O4P/c1-15-12-20(30-25(34)36-26(2,3)4)22(31-24(15)35-14-16-8-6-5-7-9-16)23(33)17-10-11-19(27)21(32-37-28)18(17)13-29/h5-13,29,32,37H,14H2,1-4H3,(H,30,34). The molecule has 0 aliphatic heterocycles. The van der Waals surface area contributed by atoms with Crippen molar-refractivity contribution in [2.75, 3.05) is 10.4 Å². The van der Waals surface area contributed by atoms with Crippen molar-refractivity contribution in [2.45, 2.75) is 39.9 Å². The van der Waals surface area contributed by atoms with Crippen LogP contribution in [0.3, 0.4) is 0 Å². The lowest BCUT2D eigenvalue weighted by atomic mass is 9.98. The molecule has 3 aromatic rings. The Morgan fingerprint density at radius 3 is 2.51 bits per heavy atom. The number of aryl methyl sites for hydroxylation is 1. The van der Waals surface area contributed by atoms with E-state index in [4.69, 9.17) is 14.9 Å². The molecular weight excluding hydrogens is 609 g/mol. The number of nitrogens with one attached hydrogen (secondary N) is 3. The molecule has 0 aliphatic rings. The number of rotatable bonds is 9. The number of aromatic nitrogens is 1. The molecule has 0 fully saturated rings. The number of amides is 1. The minimum atomic E-state index is -0.763. The van der Waals surface area contributed by atoms with Crippen LogP contribution < -0.4 is 15.1 Å². The number of carbonyl (C=O) groups excluding carboxylic acids is 2. The fraction of sp³-hybridized carbons (Fsp3) is 0.231. The second-order valence-electron chi connectivity index (χ2n) is 8.98. The number of hydrogen-bond donors (Lipinski definition) is 3. The van der Waals surface area contributed by atoms with Gasteiger partial charge in [-0.05, 0) is 73.5 Å². The first-order valence-electron chi connectivity index (χ1n) is 11.2. The van der Waals surface area contributed by atoms with Crippen LogP contribution in [0, 0.1) is 18.2 Å². The molecule has 3 N–H and O–H groups in total. The normalized spacial score (nSPS) is 11.3. The maximum absolute atomic E-state index is 14.5. The van der Waals surface area contributed by atoms with Crippen LogP contribution in [0.4, 0.5) is 20.6 Å². The largest absolute Gasteiger partial charge is 0.473 e. The molecular formula is C26H27FIN4O4P. The summed E-state index contributed by atoms with van der Waals surface area (Å²) >= 11 is 2.03. The van der Waals surface area contributed by atoms with Crippen LogP contribution >= 0.6 is 28.4 Å². The number of pyridine rings is 1. The van der Waals surface area contributed by atoms with Gasteiger partial charge in [0.1, 0.15) is 23.7 Å². The smallest absolute Gasteiger partial charge is 0.412 e. The maximum atomic E-state index is 14.5. The monoisotopic (exact) mass is 636 g/mol. The highest BCUT2D eigenvalue weighted by Gasteiger charge is 2.26. The summed E-state index contributed by atoms with van der Waals surface area (Å²) in [6.45, 7) is 7.12. The predicted octanol–water partition coefficient (Wildman–Crippen LogP) is 7.04. The molecule has 3 rings (SSSR count). The van der Waals surface area contributed by atoms with E-state index in [0.717, 1.165) is 17.8 Å². The van der Waals surface area contributed by atoms with Crippen molar-refractivity contribution in [3.63, 3.8) is 0 Å². The molecule has 1 atom stereocenters. The Hall–Kier alpha value is -3.11. The van der Waals surface area contributed by atoms with Gasteiger partial charge in [-0.3, -0.25) is 10.1 Å². The molecule has 1 amide bonds. The summed E-state index contributed by atoms with van der Waals surface area (Å²) in [5, 5.41) is 13.3. The van der Waals surface area contributed by atoms with Crippen LogP contribution in [0.1, 0.15) is 53.5 Å². The number of benzene rings is 2. The third kappa shape index (κ3) is 7.45. The van der Waals surface area contributed by atoms with E-state index in [9.17, 15) is 14.0 Å². The molecule has 0 saturated carbocycles. The Balaban J connectivity index is 2.08. The lowest BCUT2D eigenvalue weighted by Crippen LogP contribution is -2.28. The molecule has 194 valence electrons. The van der Waals surface area contributed by atoms with Gasteiger partial charge in [-0.15, -0.1) is 0 Å². The van der Waals surface area contributed by atoms with Crippen molar-refractivity contribution in [2.24, 2.45) is 0 Å². The zero-order valence-electron chi connectivity index (χ0n) is 20.7. The van der Waals surface area contributed by atoms with Gasteiger partial charge < -0.3 is 20.0 Å². The van der Waals surface area contributed by atoms with E-state index >= 15 is 0 Å². The van der Waals surface area contributed by atoms with Gasteiger partial charge in [0, 0.05) is 29.3 Å². The van der Waals surface area contributed by atoms with E-state index < -0.39 is 23.3 Å². The van der Waals surface area contributed by atoms with Crippen LogP contribution in [0.25, 0.3) is 0 Å². The van der Waals surface area contributed by atoms with Crippen LogP contribution in [0.15, 0.2) is 48.5 Å². The van der Waals surface area contributed by atoms with Crippen molar-refractivity contribution >= 4 is 57.9 Å². The lowest BCUT2D eigenvalue weighted by Gasteiger charge is -2.21. The quantitative estimate of drug-likeness (QED) is 0.101. The van der Waals surface area contributed by atoms with E-state index in [0.29, 0.717) is 5.56 Å². The number of nitrogens with zero attached hydrogens (tertiary/aromatic N) is 1. The van der Waals surface area contributed by atoms with Gasteiger partial charge in [-0.25, -0.2) is 14.2 Å². The van der Waals surface area contributed by atoms with Crippen molar-refractivity contribution in [1.29, 1.82) is 5.41 Å². The summed E-state index contributed by atoms with van der Waals surface area (Å²) in [4.78, 5) is 30.8. The molecule has 8 nitrogen and oxygen atoms in total. The summed E-state index contributed by atoms with van der Waals surface area (Å²) in [6.07, 6.45) is 0.265. The van der Waals surface area contributed by atoms with Gasteiger partial charge in [-0.2, -0.15) is 0 Å². The molecule has 0 spiro atoms. The third-order valence-corrected chi connectivity index (χ3v) is 6.15. The molecule has 0 aliphatic carbocycles. The molecule has 2 aromatic carbocycles.